The van der Waals surface area contributed by atoms with Gasteiger partial charge in [0.05, 0.1) is 10.4 Å². The second-order valence-corrected chi connectivity index (χ2v) is 9.64. The number of hydrogen-bond donors (Lipinski definition) is 1. The second kappa shape index (κ2) is 9.55. The van der Waals surface area contributed by atoms with Gasteiger partial charge in [-0.1, -0.05) is 49.2 Å². The van der Waals surface area contributed by atoms with Crippen molar-refractivity contribution in [2.24, 2.45) is 0 Å². The molecule has 1 amide bonds. The van der Waals surface area contributed by atoms with Crippen LogP contribution in [0.25, 0.3) is 10.1 Å². The van der Waals surface area contributed by atoms with Gasteiger partial charge in [0, 0.05) is 22.2 Å². The zero-order valence-electron chi connectivity index (χ0n) is 18.4. The summed E-state index contributed by atoms with van der Waals surface area (Å²) in [6, 6.07) is 14.9. The van der Waals surface area contributed by atoms with Crippen LogP contribution in [0.4, 0.5) is 8.78 Å². The number of nitrogens with one attached hydrogen (secondary N) is 1. The number of alkyl halides is 2. The van der Waals surface area contributed by atoms with Crippen LogP contribution in [0.5, 0.6) is 5.75 Å². The van der Waals surface area contributed by atoms with E-state index in [0.717, 1.165) is 42.6 Å². The van der Waals surface area contributed by atoms with Gasteiger partial charge in [0.1, 0.15) is 12.4 Å². The highest BCUT2D eigenvalue weighted by molar-refractivity contribution is 7.19. The molecule has 4 nitrogen and oxygen atoms in total. The lowest BCUT2D eigenvalue weighted by Crippen LogP contribution is -2.50. The molecule has 2 aromatic carbocycles. The highest BCUT2D eigenvalue weighted by Gasteiger charge is 2.37. The Balaban J connectivity index is 1.65. The molecule has 1 heterocycles. The first-order valence-corrected chi connectivity index (χ1v) is 11.7. The van der Waals surface area contributed by atoms with Crippen LogP contribution in [0.2, 0.25) is 0 Å². The Bertz CT molecular complexity index is 1080. The predicted molar refractivity (Wildman–Crippen MR) is 125 cm³/mol. The van der Waals surface area contributed by atoms with Crippen LogP contribution in [0.3, 0.4) is 0 Å². The smallest absolute Gasteiger partial charge is 0.273 e. The number of fused-ring (bicyclic) bond motifs is 1. The normalized spacial score (nSPS) is 15.6. The molecule has 0 spiro atoms. The quantitative estimate of drug-likeness (QED) is 0.449. The Morgan fingerprint density at radius 1 is 1.12 bits per heavy atom. The fourth-order valence-corrected chi connectivity index (χ4v) is 5.59. The average molecular weight is 459 g/mol. The van der Waals surface area contributed by atoms with Gasteiger partial charge >= 0.3 is 0 Å². The van der Waals surface area contributed by atoms with Gasteiger partial charge in [-0.05, 0) is 44.6 Å². The molecule has 1 aromatic heterocycles. The Labute approximate surface area is 191 Å². The minimum Gasteiger partial charge on any atom is -0.488 e. The van der Waals surface area contributed by atoms with Crippen molar-refractivity contribution < 1.29 is 18.3 Å². The number of rotatable bonds is 8. The van der Waals surface area contributed by atoms with E-state index in [2.05, 4.69) is 10.2 Å². The summed E-state index contributed by atoms with van der Waals surface area (Å²) in [6.07, 6.45) is 1.45. The summed E-state index contributed by atoms with van der Waals surface area (Å²) in [4.78, 5) is 15.2. The largest absolute Gasteiger partial charge is 0.488 e. The Hall–Kier alpha value is -2.51. The van der Waals surface area contributed by atoms with E-state index in [-0.39, 0.29) is 16.0 Å². The number of carbonyl (C=O) groups excluding carboxylic acids is 1. The van der Waals surface area contributed by atoms with Crippen LogP contribution >= 0.6 is 11.3 Å². The van der Waals surface area contributed by atoms with Crippen LogP contribution in [-0.4, -0.2) is 37.0 Å². The average Bonchev–Trinajstić information content (AvgIpc) is 3.43. The molecule has 0 saturated heterocycles. The molecule has 1 aliphatic rings. The van der Waals surface area contributed by atoms with E-state index < -0.39 is 12.3 Å². The number of halogens is 2. The molecule has 3 aromatic rings. The first kappa shape index (κ1) is 22.7. The molecular weight excluding hydrogens is 430 g/mol. The van der Waals surface area contributed by atoms with Gasteiger partial charge in [-0.2, -0.15) is 0 Å². The molecular formula is C25H28F2N2O2S. The van der Waals surface area contributed by atoms with E-state index >= 15 is 0 Å². The summed E-state index contributed by atoms with van der Waals surface area (Å²) in [5, 5.41) is 3.44. The van der Waals surface area contributed by atoms with Crippen molar-refractivity contribution in [3.8, 4) is 5.75 Å². The predicted octanol–water partition coefficient (Wildman–Crippen LogP) is 6.02. The zero-order chi connectivity index (χ0) is 22.7. The zero-order valence-corrected chi connectivity index (χ0v) is 19.2. The lowest BCUT2D eigenvalue weighted by Gasteiger charge is -2.36. The van der Waals surface area contributed by atoms with Crippen molar-refractivity contribution in [3.63, 3.8) is 0 Å². The first-order chi connectivity index (χ1) is 15.4. The third kappa shape index (κ3) is 4.50. The minimum absolute atomic E-state index is 0.0376. The third-order valence-electron chi connectivity index (χ3n) is 6.43. The van der Waals surface area contributed by atoms with Crippen LogP contribution in [0.15, 0.2) is 48.5 Å². The number of carbonyl (C=O) groups is 1. The maximum absolute atomic E-state index is 13.9. The van der Waals surface area contributed by atoms with Gasteiger partial charge in [0.2, 0.25) is 0 Å². The highest BCUT2D eigenvalue weighted by Crippen LogP contribution is 2.42. The molecule has 0 aliphatic heterocycles. The summed E-state index contributed by atoms with van der Waals surface area (Å²) in [5.74, 6) is -0.0155. The Morgan fingerprint density at radius 3 is 2.50 bits per heavy atom. The lowest BCUT2D eigenvalue weighted by atomic mass is 9.95. The SMILES string of the molecule is CN(C)C1(CNC(=O)c2c(C(F)F)sc3cccc(OCc4ccccc4)c23)CCCC1. The molecule has 170 valence electrons. The Kier molecular flexibility index (Phi) is 6.76. The van der Waals surface area contributed by atoms with E-state index in [4.69, 9.17) is 4.74 Å². The number of benzene rings is 2. The van der Waals surface area contributed by atoms with Gasteiger partial charge in [-0.15, -0.1) is 11.3 Å². The van der Waals surface area contributed by atoms with E-state index in [1.54, 1.807) is 18.2 Å². The molecule has 0 atom stereocenters. The lowest BCUT2D eigenvalue weighted by molar-refractivity contribution is 0.0891. The third-order valence-corrected chi connectivity index (χ3v) is 7.59. The molecule has 4 rings (SSSR count). The van der Waals surface area contributed by atoms with E-state index in [9.17, 15) is 13.6 Å². The summed E-state index contributed by atoms with van der Waals surface area (Å²) < 4.78 is 34.5. The summed E-state index contributed by atoms with van der Waals surface area (Å²) >= 11 is 0.958. The maximum Gasteiger partial charge on any atom is 0.273 e. The number of hydrogen-bond acceptors (Lipinski definition) is 4. The van der Waals surface area contributed by atoms with Crippen molar-refractivity contribution in [2.45, 2.75) is 44.3 Å². The molecule has 0 unspecified atom stereocenters. The van der Waals surface area contributed by atoms with Crippen LogP contribution in [0.1, 0.15) is 52.9 Å². The fraction of sp³-hybridized carbons (Fsp3) is 0.400. The molecule has 1 fully saturated rings. The maximum atomic E-state index is 13.9. The highest BCUT2D eigenvalue weighted by atomic mass is 32.1. The monoisotopic (exact) mass is 458 g/mol. The summed E-state index contributed by atoms with van der Waals surface area (Å²) in [6.45, 7) is 0.733. The van der Waals surface area contributed by atoms with Crippen molar-refractivity contribution in [2.75, 3.05) is 20.6 Å². The second-order valence-electron chi connectivity index (χ2n) is 8.55. The van der Waals surface area contributed by atoms with Gasteiger partial charge in [-0.3, -0.25) is 4.79 Å². The van der Waals surface area contributed by atoms with Gasteiger partial charge in [-0.25, -0.2) is 8.78 Å². The summed E-state index contributed by atoms with van der Waals surface area (Å²) in [7, 11) is 4.02. The molecule has 32 heavy (non-hydrogen) atoms. The standard InChI is InChI=1S/C25H28F2N2O2S/c1-29(2)25(13-6-7-14-25)16-28-24(30)21-20-18(31-15-17-9-4-3-5-10-17)11-8-12-19(20)32-22(21)23(26)27/h3-5,8-12,23H,6-7,13-16H2,1-2H3,(H,28,30). The van der Waals surface area contributed by atoms with Crippen LogP contribution in [0, 0.1) is 0 Å². The molecule has 7 heteroatoms. The van der Waals surface area contributed by atoms with E-state index in [0.29, 0.717) is 29.0 Å². The molecule has 1 aliphatic carbocycles. The van der Waals surface area contributed by atoms with Gasteiger partial charge in [0.25, 0.3) is 12.3 Å². The topological polar surface area (TPSA) is 41.6 Å². The molecule has 0 bridgehead atoms. The van der Waals surface area contributed by atoms with E-state index in [1.165, 1.54) is 0 Å². The fourth-order valence-electron chi connectivity index (χ4n) is 4.52. The van der Waals surface area contributed by atoms with Gasteiger partial charge in [0.15, 0.2) is 0 Å². The van der Waals surface area contributed by atoms with E-state index in [1.807, 2.05) is 44.4 Å². The summed E-state index contributed by atoms with van der Waals surface area (Å²) in [5.41, 5.74) is 0.878. The number of amides is 1. The van der Waals surface area contributed by atoms with Crippen LogP contribution < -0.4 is 10.1 Å². The van der Waals surface area contributed by atoms with Gasteiger partial charge < -0.3 is 15.0 Å². The minimum atomic E-state index is -2.73. The molecule has 0 radical (unpaired) electrons. The van der Waals surface area contributed by atoms with Crippen molar-refractivity contribution in [1.82, 2.24) is 10.2 Å². The number of likely N-dealkylation sites (N-methyl/N-ethyl adjacent to an activating group) is 1. The molecule has 1 N–H and O–H groups in total. The Morgan fingerprint density at radius 2 is 1.84 bits per heavy atom. The van der Waals surface area contributed by atoms with Crippen LogP contribution in [-0.2, 0) is 6.61 Å². The first-order valence-electron chi connectivity index (χ1n) is 10.9. The number of ether oxygens (including phenoxy) is 1. The number of nitrogens with zero attached hydrogens (tertiary/aromatic N) is 1. The number of thiophene rings is 1. The van der Waals surface area contributed by atoms with Crippen molar-refractivity contribution in [3.05, 3.63) is 64.5 Å². The van der Waals surface area contributed by atoms with Crippen molar-refractivity contribution in [1.29, 1.82) is 0 Å². The van der Waals surface area contributed by atoms with Crippen molar-refractivity contribution >= 4 is 27.3 Å². The molecule has 1 saturated carbocycles.